The molecule has 0 bridgehead atoms. The van der Waals surface area contributed by atoms with Crippen molar-refractivity contribution in [1.82, 2.24) is 10.3 Å². The van der Waals surface area contributed by atoms with Crippen LogP contribution < -0.4 is 10.1 Å². The molecule has 4 heteroatoms. The molecule has 0 saturated heterocycles. The number of rotatable bonds is 4. The average Bonchev–Trinajstić information content (AvgIpc) is 3.00. The highest BCUT2D eigenvalue weighted by atomic mass is 32.1. The van der Waals surface area contributed by atoms with Gasteiger partial charge in [-0.1, -0.05) is 18.2 Å². The van der Waals surface area contributed by atoms with E-state index in [1.54, 1.807) is 11.3 Å². The van der Waals surface area contributed by atoms with Crippen molar-refractivity contribution in [2.75, 3.05) is 0 Å². The molecule has 1 aromatic carbocycles. The van der Waals surface area contributed by atoms with Crippen LogP contribution in [0.5, 0.6) is 5.75 Å². The summed E-state index contributed by atoms with van der Waals surface area (Å²) in [5.74, 6) is 1.04. The van der Waals surface area contributed by atoms with Crippen molar-refractivity contribution in [2.24, 2.45) is 0 Å². The van der Waals surface area contributed by atoms with E-state index in [0.717, 1.165) is 17.2 Å². The smallest absolute Gasteiger partial charge is 0.128 e. The van der Waals surface area contributed by atoms with Crippen molar-refractivity contribution in [3.05, 3.63) is 45.9 Å². The molecule has 1 aliphatic heterocycles. The van der Waals surface area contributed by atoms with Gasteiger partial charge in [-0.05, 0) is 33.3 Å². The number of fused-ring (bicyclic) bond motifs is 1. The summed E-state index contributed by atoms with van der Waals surface area (Å²) >= 11 is 1.68. The van der Waals surface area contributed by atoms with Crippen LogP contribution in [-0.4, -0.2) is 16.6 Å². The molecule has 0 amide bonds. The molecule has 1 N–H and O–H groups in total. The fourth-order valence-electron chi connectivity index (χ4n) is 2.87. The lowest BCUT2D eigenvalue weighted by Gasteiger charge is -2.23. The molecule has 2 heterocycles. The summed E-state index contributed by atoms with van der Waals surface area (Å²) in [5, 5.41) is 6.74. The van der Waals surface area contributed by atoms with Crippen LogP contribution in [0.15, 0.2) is 29.8 Å². The standard InChI is InChI=1S/C17H22N2OS/c1-11(2)19-14(16-18-8-9-21-16)13-7-5-6-12-10-17(3,4)20-15(12)13/h5-9,11,14,19H,10H2,1-4H3. The fourth-order valence-corrected chi connectivity index (χ4v) is 3.59. The molecule has 21 heavy (non-hydrogen) atoms. The Kier molecular flexibility index (Phi) is 3.76. The van der Waals surface area contributed by atoms with Gasteiger partial charge in [-0.2, -0.15) is 0 Å². The van der Waals surface area contributed by atoms with E-state index in [0.29, 0.717) is 6.04 Å². The van der Waals surface area contributed by atoms with Gasteiger partial charge < -0.3 is 10.1 Å². The maximum absolute atomic E-state index is 6.22. The van der Waals surface area contributed by atoms with Gasteiger partial charge in [0.1, 0.15) is 16.4 Å². The van der Waals surface area contributed by atoms with Gasteiger partial charge >= 0.3 is 0 Å². The van der Waals surface area contributed by atoms with Crippen molar-refractivity contribution in [3.8, 4) is 5.75 Å². The van der Waals surface area contributed by atoms with Crippen molar-refractivity contribution in [3.63, 3.8) is 0 Å². The zero-order chi connectivity index (χ0) is 15.0. The number of para-hydroxylation sites is 1. The Morgan fingerprint density at radius 3 is 2.81 bits per heavy atom. The van der Waals surface area contributed by atoms with Crippen LogP contribution in [0.3, 0.4) is 0 Å². The SMILES string of the molecule is CC(C)NC(c1nccs1)c1cccc2c1OC(C)(C)C2. The summed E-state index contributed by atoms with van der Waals surface area (Å²) in [4.78, 5) is 4.51. The average molecular weight is 302 g/mol. The summed E-state index contributed by atoms with van der Waals surface area (Å²) in [6, 6.07) is 6.92. The Morgan fingerprint density at radius 2 is 2.14 bits per heavy atom. The van der Waals surface area contributed by atoms with Gasteiger partial charge in [0.25, 0.3) is 0 Å². The zero-order valence-electron chi connectivity index (χ0n) is 13.0. The first-order valence-corrected chi connectivity index (χ1v) is 8.30. The Hall–Kier alpha value is -1.39. The van der Waals surface area contributed by atoms with Gasteiger partial charge in [-0.25, -0.2) is 4.98 Å². The lowest BCUT2D eigenvalue weighted by atomic mass is 9.98. The van der Waals surface area contributed by atoms with Gasteiger partial charge in [-0.15, -0.1) is 11.3 Å². The van der Waals surface area contributed by atoms with E-state index >= 15 is 0 Å². The molecule has 3 rings (SSSR count). The van der Waals surface area contributed by atoms with Gasteiger partial charge in [0.15, 0.2) is 0 Å². The summed E-state index contributed by atoms with van der Waals surface area (Å²) < 4.78 is 6.22. The molecule has 0 saturated carbocycles. The van der Waals surface area contributed by atoms with E-state index in [1.165, 1.54) is 11.1 Å². The Bertz CT molecular complexity index is 620. The molecular weight excluding hydrogens is 280 g/mol. The maximum Gasteiger partial charge on any atom is 0.128 e. The third kappa shape index (κ3) is 2.97. The van der Waals surface area contributed by atoms with E-state index in [1.807, 2.05) is 11.6 Å². The maximum atomic E-state index is 6.22. The van der Waals surface area contributed by atoms with E-state index in [4.69, 9.17) is 4.74 Å². The highest BCUT2D eigenvalue weighted by Crippen LogP contribution is 2.41. The first-order valence-electron chi connectivity index (χ1n) is 7.42. The summed E-state index contributed by atoms with van der Waals surface area (Å²) in [5.41, 5.74) is 2.37. The van der Waals surface area contributed by atoms with Crippen molar-refractivity contribution >= 4 is 11.3 Å². The number of hydrogen-bond acceptors (Lipinski definition) is 4. The Morgan fingerprint density at radius 1 is 1.33 bits per heavy atom. The van der Waals surface area contributed by atoms with Gasteiger partial charge in [0, 0.05) is 29.6 Å². The summed E-state index contributed by atoms with van der Waals surface area (Å²) in [6.45, 7) is 8.61. The minimum absolute atomic E-state index is 0.0915. The lowest BCUT2D eigenvalue weighted by Crippen LogP contribution is -2.30. The van der Waals surface area contributed by atoms with Crippen LogP contribution in [0.4, 0.5) is 0 Å². The zero-order valence-corrected chi connectivity index (χ0v) is 13.8. The summed E-state index contributed by atoms with van der Waals surface area (Å²) in [6.07, 6.45) is 2.82. The summed E-state index contributed by atoms with van der Waals surface area (Å²) in [7, 11) is 0. The van der Waals surface area contributed by atoms with Crippen molar-refractivity contribution in [2.45, 2.75) is 51.8 Å². The number of hydrogen-bond donors (Lipinski definition) is 1. The highest BCUT2D eigenvalue weighted by Gasteiger charge is 2.34. The van der Waals surface area contributed by atoms with Crippen LogP contribution in [0.1, 0.15) is 49.9 Å². The van der Waals surface area contributed by atoms with Crippen LogP contribution in [0.2, 0.25) is 0 Å². The third-order valence-electron chi connectivity index (χ3n) is 3.63. The minimum Gasteiger partial charge on any atom is -0.487 e. The normalized spacial score (nSPS) is 17.6. The monoisotopic (exact) mass is 302 g/mol. The number of ether oxygens (including phenoxy) is 1. The van der Waals surface area contributed by atoms with Crippen LogP contribution >= 0.6 is 11.3 Å². The number of nitrogens with zero attached hydrogens (tertiary/aromatic N) is 1. The second kappa shape index (κ2) is 5.43. The van der Waals surface area contributed by atoms with Gasteiger partial charge in [0.05, 0.1) is 6.04 Å². The molecule has 2 aromatic rings. The van der Waals surface area contributed by atoms with Gasteiger partial charge in [-0.3, -0.25) is 0 Å². The number of aromatic nitrogens is 1. The number of benzene rings is 1. The first kappa shape index (κ1) is 14.5. The minimum atomic E-state index is -0.121. The first-order chi connectivity index (χ1) is 9.96. The molecule has 112 valence electrons. The van der Waals surface area contributed by atoms with Crippen molar-refractivity contribution < 1.29 is 4.74 Å². The molecule has 3 nitrogen and oxygen atoms in total. The highest BCUT2D eigenvalue weighted by molar-refractivity contribution is 7.09. The molecular formula is C17H22N2OS. The predicted molar refractivity (Wildman–Crippen MR) is 87.1 cm³/mol. The Labute approximate surface area is 130 Å². The largest absolute Gasteiger partial charge is 0.487 e. The molecule has 1 aliphatic rings. The molecule has 0 radical (unpaired) electrons. The van der Waals surface area contributed by atoms with Gasteiger partial charge in [0.2, 0.25) is 0 Å². The quantitative estimate of drug-likeness (QED) is 0.928. The molecule has 0 spiro atoms. The second-order valence-corrected chi connectivity index (χ2v) is 7.42. The predicted octanol–water partition coefficient (Wildman–Crippen LogP) is 3.94. The number of thiazole rings is 1. The number of nitrogens with one attached hydrogen (secondary N) is 1. The van der Waals surface area contributed by atoms with Crippen LogP contribution in [0.25, 0.3) is 0 Å². The Balaban J connectivity index is 2.04. The van der Waals surface area contributed by atoms with Crippen LogP contribution in [-0.2, 0) is 6.42 Å². The van der Waals surface area contributed by atoms with E-state index < -0.39 is 0 Å². The van der Waals surface area contributed by atoms with E-state index in [2.05, 4.69) is 56.2 Å². The van der Waals surface area contributed by atoms with Crippen molar-refractivity contribution in [1.29, 1.82) is 0 Å². The third-order valence-corrected chi connectivity index (χ3v) is 4.47. The fraction of sp³-hybridized carbons (Fsp3) is 0.471. The van der Waals surface area contributed by atoms with E-state index in [9.17, 15) is 0 Å². The molecule has 1 atom stereocenters. The molecule has 1 aromatic heterocycles. The molecule has 1 unspecified atom stereocenters. The van der Waals surface area contributed by atoms with Crippen LogP contribution in [0, 0.1) is 0 Å². The second-order valence-electron chi connectivity index (χ2n) is 6.50. The molecule has 0 aliphatic carbocycles. The lowest BCUT2D eigenvalue weighted by molar-refractivity contribution is 0.136. The molecule has 0 fully saturated rings. The topological polar surface area (TPSA) is 34.2 Å². The van der Waals surface area contributed by atoms with E-state index in [-0.39, 0.29) is 11.6 Å².